The second-order valence-corrected chi connectivity index (χ2v) is 5.42. The molecular weight excluding hydrogens is 265 g/mol. The molecule has 0 aliphatic carbocycles. The first-order valence-corrected chi connectivity index (χ1v) is 7.10. The molecule has 4 heteroatoms. The molecular formula is C15H23ClFNO. The Labute approximate surface area is 120 Å². The lowest BCUT2D eigenvalue weighted by Gasteiger charge is -2.30. The average Bonchev–Trinajstić information content (AvgIpc) is 2.37. The lowest BCUT2D eigenvalue weighted by molar-refractivity contribution is 0.00534. The van der Waals surface area contributed by atoms with Gasteiger partial charge in [0.15, 0.2) is 0 Å². The molecule has 0 amide bonds. The fraction of sp³-hybridized carbons (Fsp3) is 0.600. The van der Waals surface area contributed by atoms with Gasteiger partial charge in [-0.3, -0.25) is 0 Å². The maximum Gasteiger partial charge on any atom is 0.142 e. The van der Waals surface area contributed by atoms with E-state index >= 15 is 0 Å². The maximum absolute atomic E-state index is 13.5. The van der Waals surface area contributed by atoms with Gasteiger partial charge in [-0.05, 0) is 44.0 Å². The van der Waals surface area contributed by atoms with Crippen LogP contribution in [0.3, 0.4) is 0 Å². The van der Waals surface area contributed by atoms with Gasteiger partial charge < -0.3 is 10.1 Å². The second-order valence-electron chi connectivity index (χ2n) is 5.01. The van der Waals surface area contributed by atoms with E-state index in [2.05, 4.69) is 19.2 Å². The van der Waals surface area contributed by atoms with Crippen molar-refractivity contribution < 1.29 is 9.13 Å². The molecule has 0 bridgehead atoms. The summed E-state index contributed by atoms with van der Waals surface area (Å²) in [7, 11) is 1.91. The van der Waals surface area contributed by atoms with Gasteiger partial charge in [0.25, 0.3) is 0 Å². The Balaban J connectivity index is 2.82. The minimum absolute atomic E-state index is 0.105. The third-order valence-electron chi connectivity index (χ3n) is 3.22. The van der Waals surface area contributed by atoms with Gasteiger partial charge in [-0.2, -0.15) is 0 Å². The van der Waals surface area contributed by atoms with Crippen LogP contribution in [0.5, 0.6) is 0 Å². The average molecular weight is 288 g/mol. The van der Waals surface area contributed by atoms with Crippen molar-refractivity contribution in [2.45, 2.75) is 39.3 Å². The van der Waals surface area contributed by atoms with Crippen molar-refractivity contribution in [1.82, 2.24) is 5.32 Å². The summed E-state index contributed by atoms with van der Waals surface area (Å²) in [6.45, 7) is 6.93. The smallest absolute Gasteiger partial charge is 0.142 e. The van der Waals surface area contributed by atoms with Gasteiger partial charge >= 0.3 is 0 Å². The topological polar surface area (TPSA) is 21.3 Å². The van der Waals surface area contributed by atoms with Crippen LogP contribution in [0.1, 0.15) is 26.3 Å². The number of hydrogen-bond acceptors (Lipinski definition) is 2. The summed E-state index contributed by atoms with van der Waals surface area (Å²) in [6.07, 6.45) is 0.821. The van der Waals surface area contributed by atoms with Crippen LogP contribution in [-0.2, 0) is 11.2 Å². The van der Waals surface area contributed by atoms with E-state index in [4.69, 9.17) is 16.3 Å². The van der Waals surface area contributed by atoms with Crippen molar-refractivity contribution in [2.24, 2.45) is 5.92 Å². The van der Waals surface area contributed by atoms with E-state index in [0.29, 0.717) is 18.9 Å². The zero-order chi connectivity index (χ0) is 14.4. The summed E-state index contributed by atoms with van der Waals surface area (Å²) in [5.41, 5.74) is 0.923. The minimum atomic E-state index is -0.369. The minimum Gasteiger partial charge on any atom is -0.377 e. The number of hydrogen-bond donors (Lipinski definition) is 1. The Morgan fingerprint density at radius 2 is 2.05 bits per heavy atom. The Morgan fingerprint density at radius 1 is 1.37 bits per heavy atom. The second kappa shape index (κ2) is 7.83. The monoisotopic (exact) mass is 287 g/mol. The largest absolute Gasteiger partial charge is 0.377 e. The first kappa shape index (κ1) is 16.4. The molecule has 0 fully saturated rings. The maximum atomic E-state index is 13.5. The number of halogens is 2. The van der Waals surface area contributed by atoms with Crippen LogP contribution in [0.25, 0.3) is 0 Å². The molecule has 1 rings (SSSR count). The van der Waals surface area contributed by atoms with Gasteiger partial charge in [0.1, 0.15) is 5.82 Å². The summed E-state index contributed by atoms with van der Waals surface area (Å²) in [5.74, 6) is 0.0288. The van der Waals surface area contributed by atoms with Crippen LogP contribution < -0.4 is 5.32 Å². The quantitative estimate of drug-likeness (QED) is 0.826. The predicted molar refractivity (Wildman–Crippen MR) is 78.2 cm³/mol. The Kier molecular flexibility index (Phi) is 6.76. The van der Waals surface area contributed by atoms with E-state index in [1.54, 1.807) is 6.07 Å². The lowest BCUT2D eigenvalue weighted by Crippen LogP contribution is -2.44. The van der Waals surface area contributed by atoms with Gasteiger partial charge in [-0.1, -0.05) is 31.5 Å². The third kappa shape index (κ3) is 4.75. The summed E-state index contributed by atoms with van der Waals surface area (Å²) in [5, 5.41) is 3.43. The van der Waals surface area contributed by atoms with Crippen molar-refractivity contribution in [3.63, 3.8) is 0 Å². The van der Waals surface area contributed by atoms with Crippen LogP contribution in [0.15, 0.2) is 18.2 Å². The van der Waals surface area contributed by atoms with E-state index in [9.17, 15) is 4.39 Å². The van der Waals surface area contributed by atoms with Crippen molar-refractivity contribution >= 4 is 11.6 Å². The first-order chi connectivity index (χ1) is 8.99. The van der Waals surface area contributed by atoms with Crippen molar-refractivity contribution in [2.75, 3.05) is 13.7 Å². The third-order valence-corrected chi connectivity index (χ3v) is 3.53. The van der Waals surface area contributed by atoms with Crippen LogP contribution in [0.2, 0.25) is 5.02 Å². The van der Waals surface area contributed by atoms with Gasteiger partial charge in [-0.15, -0.1) is 0 Å². The van der Waals surface area contributed by atoms with Crippen molar-refractivity contribution in [1.29, 1.82) is 0 Å². The zero-order valence-electron chi connectivity index (χ0n) is 12.0. The van der Waals surface area contributed by atoms with Crippen LogP contribution in [0.4, 0.5) is 4.39 Å². The highest BCUT2D eigenvalue weighted by molar-refractivity contribution is 6.30. The highest BCUT2D eigenvalue weighted by atomic mass is 35.5. The van der Waals surface area contributed by atoms with Crippen molar-refractivity contribution in [3.05, 3.63) is 34.6 Å². The van der Waals surface area contributed by atoms with E-state index < -0.39 is 0 Å². The molecule has 0 aromatic heterocycles. The number of likely N-dealkylation sites (N-methyl/N-ethyl adjacent to an activating group) is 1. The lowest BCUT2D eigenvalue weighted by atomic mass is 9.94. The molecule has 0 heterocycles. The van der Waals surface area contributed by atoms with E-state index in [-0.39, 0.29) is 23.0 Å². The Bertz CT molecular complexity index is 398. The van der Waals surface area contributed by atoms with Crippen LogP contribution in [0, 0.1) is 11.7 Å². The van der Waals surface area contributed by atoms with Crippen LogP contribution in [-0.4, -0.2) is 25.8 Å². The summed E-state index contributed by atoms with van der Waals surface area (Å²) in [6, 6.07) is 5.11. The van der Waals surface area contributed by atoms with E-state index in [1.165, 1.54) is 6.07 Å². The molecule has 2 atom stereocenters. The molecule has 0 aliphatic heterocycles. The number of ether oxygens (including phenoxy) is 1. The fourth-order valence-electron chi connectivity index (χ4n) is 2.27. The molecule has 1 N–H and O–H groups in total. The summed E-state index contributed by atoms with van der Waals surface area (Å²) in [4.78, 5) is 0. The molecule has 108 valence electrons. The van der Waals surface area contributed by atoms with E-state index in [0.717, 1.165) is 5.56 Å². The van der Waals surface area contributed by atoms with Gasteiger partial charge in [0, 0.05) is 12.6 Å². The molecule has 2 nitrogen and oxygen atoms in total. The fourth-order valence-corrected chi connectivity index (χ4v) is 2.39. The molecule has 0 saturated carbocycles. The van der Waals surface area contributed by atoms with Crippen molar-refractivity contribution in [3.8, 4) is 0 Å². The predicted octanol–water partition coefficient (Wildman–Crippen LogP) is 3.67. The van der Waals surface area contributed by atoms with Crippen LogP contribution >= 0.6 is 11.6 Å². The number of benzene rings is 1. The molecule has 19 heavy (non-hydrogen) atoms. The summed E-state index contributed by atoms with van der Waals surface area (Å²) < 4.78 is 19.3. The molecule has 0 radical (unpaired) electrons. The highest BCUT2D eigenvalue weighted by Crippen LogP contribution is 2.19. The SMILES string of the molecule is CCOC(C(C)C)C(Cc1ccc(Cl)c(F)c1)NC. The Morgan fingerprint density at radius 3 is 2.53 bits per heavy atom. The summed E-state index contributed by atoms with van der Waals surface area (Å²) >= 11 is 5.70. The molecule has 1 aromatic carbocycles. The van der Waals surface area contributed by atoms with Gasteiger partial charge in [0.2, 0.25) is 0 Å². The first-order valence-electron chi connectivity index (χ1n) is 6.72. The zero-order valence-corrected chi connectivity index (χ0v) is 12.8. The molecule has 1 aromatic rings. The molecule has 2 unspecified atom stereocenters. The normalized spacial score (nSPS) is 14.7. The molecule has 0 aliphatic rings. The Hall–Kier alpha value is -0.640. The molecule has 0 spiro atoms. The number of nitrogens with one attached hydrogen (secondary N) is 1. The van der Waals surface area contributed by atoms with Gasteiger partial charge in [0.05, 0.1) is 11.1 Å². The highest BCUT2D eigenvalue weighted by Gasteiger charge is 2.24. The standard InChI is InChI=1S/C15H23ClFNO/c1-5-19-15(10(2)3)14(18-4)9-11-6-7-12(16)13(17)8-11/h6-8,10,14-15,18H,5,9H2,1-4H3. The number of rotatable bonds is 7. The molecule has 0 saturated heterocycles. The van der Waals surface area contributed by atoms with E-state index in [1.807, 2.05) is 20.0 Å². The van der Waals surface area contributed by atoms with Gasteiger partial charge in [-0.25, -0.2) is 4.39 Å².